The second-order valence-electron chi connectivity index (χ2n) is 3.92. The van der Waals surface area contributed by atoms with Gasteiger partial charge in [-0.15, -0.1) is 0 Å². The number of carbonyl (C=O) groups is 1. The SMILES string of the molecule is CNCCN(C)C(=O)CC1CCC1. The van der Waals surface area contributed by atoms with Gasteiger partial charge in [-0.25, -0.2) is 0 Å². The van der Waals surface area contributed by atoms with Crippen molar-refractivity contribution < 1.29 is 4.79 Å². The average Bonchev–Trinajstić information content (AvgIpc) is 2.06. The molecule has 0 aliphatic heterocycles. The van der Waals surface area contributed by atoms with E-state index in [1.807, 2.05) is 19.0 Å². The van der Waals surface area contributed by atoms with Gasteiger partial charge in [0.05, 0.1) is 0 Å². The Kier molecular flexibility index (Phi) is 4.22. The summed E-state index contributed by atoms with van der Waals surface area (Å²) in [6, 6.07) is 0. The standard InChI is InChI=1S/C10H20N2O/c1-11-6-7-12(2)10(13)8-9-4-3-5-9/h9,11H,3-8H2,1-2H3. The van der Waals surface area contributed by atoms with E-state index in [1.54, 1.807) is 0 Å². The summed E-state index contributed by atoms with van der Waals surface area (Å²) in [7, 11) is 3.79. The lowest BCUT2D eigenvalue weighted by Gasteiger charge is -2.27. The zero-order valence-electron chi connectivity index (χ0n) is 8.68. The third kappa shape index (κ3) is 3.35. The minimum absolute atomic E-state index is 0.306. The normalized spacial score (nSPS) is 16.8. The van der Waals surface area contributed by atoms with E-state index in [2.05, 4.69) is 5.32 Å². The minimum atomic E-state index is 0.306. The van der Waals surface area contributed by atoms with Crippen molar-refractivity contribution in [3.05, 3.63) is 0 Å². The van der Waals surface area contributed by atoms with Gasteiger partial charge in [-0.2, -0.15) is 0 Å². The maximum atomic E-state index is 11.6. The fourth-order valence-electron chi connectivity index (χ4n) is 1.50. The first-order valence-corrected chi connectivity index (χ1v) is 5.12. The van der Waals surface area contributed by atoms with E-state index in [9.17, 15) is 4.79 Å². The van der Waals surface area contributed by atoms with Crippen LogP contribution in [-0.2, 0) is 4.79 Å². The maximum absolute atomic E-state index is 11.6. The Labute approximate surface area is 80.5 Å². The first-order valence-electron chi connectivity index (χ1n) is 5.12. The van der Waals surface area contributed by atoms with Gasteiger partial charge < -0.3 is 10.2 Å². The highest BCUT2D eigenvalue weighted by Gasteiger charge is 2.21. The van der Waals surface area contributed by atoms with Gasteiger partial charge in [-0.1, -0.05) is 6.42 Å². The molecule has 3 heteroatoms. The quantitative estimate of drug-likeness (QED) is 0.687. The van der Waals surface area contributed by atoms with Crippen LogP contribution >= 0.6 is 0 Å². The highest BCUT2D eigenvalue weighted by atomic mass is 16.2. The van der Waals surface area contributed by atoms with Gasteiger partial charge in [-0.3, -0.25) is 4.79 Å². The highest BCUT2D eigenvalue weighted by molar-refractivity contribution is 5.76. The first-order chi connectivity index (χ1) is 6.24. The van der Waals surface area contributed by atoms with Crippen molar-refractivity contribution in [2.24, 2.45) is 5.92 Å². The van der Waals surface area contributed by atoms with E-state index in [0.717, 1.165) is 19.5 Å². The minimum Gasteiger partial charge on any atom is -0.344 e. The third-order valence-corrected chi connectivity index (χ3v) is 2.81. The van der Waals surface area contributed by atoms with E-state index >= 15 is 0 Å². The maximum Gasteiger partial charge on any atom is 0.222 e. The molecule has 0 radical (unpaired) electrons. The smallest absolute Gasteiger partial charge is 0.222 e. The molecule has 0 spiro atoms. The summed E-state index contributed by atoms with van der Waals surface area (Å²) in [5, 5.41) is 3.04. The lowest BCUT2D eigenvalue weighted by Crippen LogP contribution is -2.34. The molecule has 1 N–H and O–H groups in total. The number of amides is 1. The van der Waals surface area contributed by atoms with Crippen LogP contribution in [0.4, 0.5) is 0 Å². The molecule has 0 aromatic rings. The molecular formula is C10H20N2O. The fraction of sp³-hybridized carbons (Fsp3) is 0.900. The number of rotatable bonds is 5. The molecule has 0 unspecified atom stereocenters. The van der Waals surface area contributed by atoms with Crippen molar-refractivity contribution in [2.45, 2.75) is 25.7 Å². The molecule has 13 heavy (non-hydrogen) atoms. The first kappa shape index (κ1) is 10.5. The van der Waals surface area contributed by atoms with E-state index < -0.39 is 0 Å². The van der Waals surface area contributed by atoms with E-state index in [4.69, 9.17) is 0 Å². The van der Waals surface area contributed by atoms with Gasteiger partial charge in [0.25, 0.3) is 0 Å². The van der Waals surface area contributed by atoms with Crippen LogP contribution in [0.3, 0.4) is 0 Å². The summed E-state index contributed by atoms with van der Waals surface area (Å²) in [6.07, 6.45) is 4.59. The molecule has 1 aliphatic rings. The van der Waals surface area contributed by atoms with Gasteiger partial charge in [0.15, 0.2) is 0 Å². The zero-order chi connectivity index (χ0) is 9.68. The molecular weight excluding hydrogens is 164 g/mol. The Morgan fingerprint density at radius 3 is 2.69 bits per heavy atom. The van der Waals surface area contributed by atoms with Crippen molar-refractivity contribution in [1.29, 1.82) is 0 Å². The molecule has 1 amide bonds. The van der Waals surface area contributed by atoms with Gasteiger partial charge in [0.2, 0.25) is 5.91 Å². The van der Waals surface area contributed by atoms with Crippen LogP contribution in [-0.4, -0.2) is 38.0 Å². The van der Waals surface area contributed by atoms with E-state index in [-0.39, 0.29) is 0 Å². The summed E-state index contributed by atoms with van der Waals surface area (Å²) in [4.78, 5) is 13.4. The number of hydrogen-bond donors (Lipinski definition) is 1. The Hall–Kier alpha value is -0.570. The summed E-state index contributed by atoms with van der Waals surface area (Å²) in [5.41, 5.74) is 0. The summed E-state index contributed by atoms with van der Waals surface area (Å²) in [5.74, 6) is 0.990. The molecule has 0 aromatic heterocycles. The average molecular weight is 184 g/mol. The molecule has 0 aromatic carbocycles. The molecule has 3 nitrogen and oxygen atoms in total. The highest BCUT2D eigenvalue weighted by Crippen LogP contribution is 2.29. The van der Waals surface area contributed by atoms with Crippen molar-refractivity contribution in [3.63, 3.8) is 0 Å². The van der Waals surface area contributed by atoms with Gasteiger partial charge in [0, 0.05) is 26.6 Å². The number of likely N-dealkylation sites (N-methyl/N-ethyl adjacent to an activating group) is 2. The number of carbonyl (C=O) groups excluding carboxylic acids is 1. The molecule has 1 aliphatic carbocycles. The third-order valence-electron chi connectivity index (χ3n) is 2.81. The molecule has 0 heterocycles. The summed E-state index contributed by atoms with van der Waals surface area (Å²) >= 11 is 0. The molecule has 1 fully saturated rings. The van der Waals surface area contributed by atoms with Crippen LogP contribution < -0.4 is 5.32 Å². The molecule has 76 valence electrons. The zero-order valence-corrected chi connectivity index (χ0v) is 8.68. The monoisotopic (exact) mass is 184 g/mol. The lowest BCUT2D eigenvalue weighted by atomic mass is 9.83. The molecule has 1 rings (SSSR count). The molecule has 0 bridgehead atoms. The molecule has 0 saturated heterocycles. The van der Waals surface area contributed by atoms with Crippen molar-refractivity contribution in [2.75, 3.05) is 27.2 Å². The largest absolute Gasteiger partial charge is 0.344 e. The Bertz CT molecular complexity index is 166. The summed E-state index contributed by atoms with van der Waals surface area (Å²) < 4.78 is 0. The van der Waals surface area contributed by atoms with Gasteiger partial charge >= 0.3 is 0 Å². The number of nitrogens with zero attached hydrogens (tertiary/aromatic N) is 1. The number of hydrogen-bond acceptors (Lipinski definition) is 2. The Morgan fingerprint density at radius 2 is 2.23 bits per heavy atom. The lowest BCUT2D eigenvalue weighted by molar-refractivity contribution is -0.131. The summed E-state index contributed by atoms with van der Waals surface area (Å²) in [6.45, 7) is 1.70. The van der Waals surface area contributed by atoms with E-state index in [0.29, 0.717) is 11.8 Å². The second kappa shape index (κ2) is 5.22. The topological polar surface area (TPSA) is 32.3 Å². The van der Waals surface area contributed by atoms with Crippen LogP contribution in [0.1, 0.15) is 25.7 Å². The van der Waals surface area contributed by atoms with Crippen LogP contribution in [0, 0.1) is 5.92 Å². The predicted molar refractivity (Wildman–Crippen MR) is 53.5 cm³/mol. The fourth-order valence-corrected chi connectivity index (χ4v) is 1.50. The van der Waals surface area contributed by atoms with Crippen molar-refractivity contribution >= 4 is 5.91 Å². The molecule has 1 saturated carbocycles. The molecule has 0 atom stereocenters. The van der Waals surface area contributed by atoms with Crippen LogP contribution in [0.2, 0.25) is 0 Å². The van der Waals surface area contributed by atoms with Crippen LogP contribution in [0.15, 0.2) is 0 Å². The predicted octanol–water partition coefficient (Wildman–Crippen LogP) is 0.854. The Balaban J connectivity index is 2.13. The van der Waals surface area contributed by atoms with Crippen LogP contribution in [0.5, 0.6) is 0 Å². The Morgan fingerprint density at radius 1 is 1.54 bits per heavy atom. The van der Waals surface area contributed by atoms with Crippen molar-refractivity contribution in [1.82, 2.24) is 10.2 Å². The van der Waals surface area contributed by atoms with Gasteiger partial charge in [-0.05, 0) is 25.8 Å². The van der Waals surface area contributed by atoms with Crippen LogP contribution in [0.25, 0.3) is 0 Å². The van der Waals surface area contributed by atoms with Crippen molar-refractivity contribution in [3.8, 4) is 0 Å². The second-order valence-corrected chi connectivity index (χ2v) is 3.92. The number of nitrogens with one attached hydrogen (secondary N) is 1. The van der Waals surface area contributed by atoms with Gasteiger partial charge in [0.1, 0.15) is 0 Å². The van der Waals surface area contributed by atoms with E-state index in [1.165, 1.54) is 19.3 Å².